The minimum absolute atomic E-state index is 0.0495. The van der Waals surface area contributed by atoms with Crippen LogP contribution in [0.2, 0.25) is 0 Å². The Morgan fingerprint density at radius 2 is 1.81 bits per heavy atom. The minimum Gasteiger partial charge on any atom is -0.481 e. The normalized spacial score (nSPS) is 17.4. The number of hydrogen-bond acceptors (Lipinski definition) is 4. The second-order valence-electron chi connectivity index (χ2n) is 7.77. The van der Waals surface area contributed by atoms with Gasteiger partial charge in [0, 0.05) is 26.2 Å². The van der Waals surface area contributed by atoms with Gasteiger partial charge in [-0.3, -0.25) is 4.79 Å². The molecule has 0 aromatic heterocycles. The van der Waals surface area contributed by atoms with Crippen LogP contribution >= 0.6 is 0 Å². The number of carbonyl (C=O) groups excluding carboxylic acids is 1. The fourth-order valence-corrected chi connectivity index (χ4v) is 4.35. The molecule has 1 heterocycles. The molecule has 1 unspecified atom stereocenters. The largest absolute Gasteiger partial charge is 0.481 e. The lowest BCUT2D eigenvalue weighted by Gasteiger charge is -2.36. The lowest BCUT2D eigenvalue weighted by molar-refractivity contribution is -0.139. The molecular weight excluding hydrogens is 364 g/mol. The topological polar surface area (TPSA) is 66.9 Å². The van der Waals surface area contributed by atoms with Crippen molar-refractivity contribution in [2.45, 2.75) is 58.6 Å². The average molecular weight is 397 g/mol. The van der Waals surface area contributed by atoms with Gasteiger partial charge in [-0.1, -0.05) is 19.9 Å². The molecule has 0 N–H and O–H groups in total. The number of rotatable bonds is 6. The van der Waals surface area contributed by atoms with Crippen molar-refractivity contribution >= 4 is 15.9 Å². The lowest BCUT2D eigenvalue weighted by Crippen LogP contribution is -2.49. The van der Waals surface area contributed by atoms with E-state index < -0.39 is 16.1 Å². The molecule has 1 aromatic rings. The van der Waals surface area contributed by atoms with Gasteiger partial charge in [0.25, 0.3) is 5.91 Å². The van der Waals surface area contributed by atoms with Crippen LogP contribution in [0.3, 0.4) is 0 Å². The van der Waals surface area contributed by atoms with Gasteiger partial charge in [0.1, 0.15) is 5.75 Å². The molecule has 1 fully saturated rings. The van der Waals surface area contributed by atoms with E-state index in [9.17, 15) is 13.2 Å². The second-order valence-corrected chi connectivity index (χ2v) is 9.81. The molecule has 6 nitrogen and oxygen atoms in total. The van der Waals surface area contributed by atoms with Gasteiger partial charge in [0.15, 0.2) is 6.10 Å². The monoisotopic (exact) mass is 396 g/mol. The summed E-state index contributed by atoms with van der Waals surface area (Å²) in [5.74, 6) is 1.09. The Hall–Kier alpha value is -1.60. The Balaban J connectivity index is 1.94. The predicted octanol–water partition coefficient (Wildman–Crippen LogP) is 2.77. The van der Waals surface area contributed by atoms with Crippen LogP contribution in [-0.2, 0) is 14.8 Å². The number of carbonyl (C=O) groups is 1. The van der Waals surface area contributed by atoms with E-state index in [-0.39, 0.29) is 11.9 Å². The molecule has 0 aliphatic carbocycles. The van der Waals surface area contributed by atoms with Gasteiger partial charge in [-0.2, -0.15) is 0 Å². The summed E-state index contributed by atoms with van der Waals surface area (Å²) in [5.41, 5.74) is 2.44. The average Bonchev–Trinajstić information content (AvgIpc) is 2.59. The molecule has 0 spiro atoms. The molecule has 7 heteroatoms. The van der Waals surface area contributed by atoms with Gasteiger partial charge in [0.2, 0.25) is 10.0 Å². The molecule has 1 amide bonds. The molecule has 0 radical (unpaired) electrons. The number of ether oxygens (including phenoxy) is 1. The predicted molar refractivity (Wildman–Crippen MR) is 108 cm³/mol. The quantitative estimate of drug-likeness (QED) is 0.742. The van der Waals surface area contributed by atoms with Crippen LogP contribution in [-0.4, -0.2) is 62.1 Å². The van der Waals surface area contributed by atoms with Crippen LogP contribution in [0, 0.1) is 6.92 Å². The summed E-state index contributed by atoms with van der Waals surface area (Å²) in [5, 5.41) is 0. The fraction of sp³-hybridized carbons (Fsp3) is 0.650. The third-order valence-corrected chi connectivity index (χ3v) is 6.68. The van der Waals surface area contributed by atoms with Crippen LogP contribution in [0.4, 0.5) is 0 Å². The molecule has 1 atom stereocenters. The highest BCUT2D eigenvalue weighted by Gasteiger charge is 2.31. The Morgan fingerprint density at radius 3 is 2.30 bits per heavy atom. The summed E-state index contributed by atoms with van der Waals surface area (Å²) in [7, 11) is -1.60. The van der Waals surface area contributed by atoms with Gasteiger partial charge in [-0.25, -0.2) is 12.7 Å². The molecule has 1 aromatic carbocycles. The van der Waals surface area contributed by atoms with E-state index in [1.807, 2.05) is 12.1 Å². The number of hydrogen-bond donors (Lipinski definition) is 0. The van der Waals surface area contributed by atoms with E-state index >= 15 is 0 Å². The van der Waals surface area contributed by atoms with Crippen LogP contribution in [0.5, 0.6) is 5.75 Å². The maximum absolute atomic E-state index is 12.7. The maximum Gasteiger partial charge on any atom is 0.263 e. The van der Waals surface area contributed by atoms with Gasteiger partial charge < -0.3 is 9.64 Å². The van der Waals surface area contributed by atoms with Crippen molar-refractivity contribution < 1.29 is 17.9 Å². The Bertz CT molecular complexity index is 768. The highest BCUT2D eigenvalue weighted by atomic mass is 32.2. The molecule has 0 saturated carbocycles. The summed E-state index contributed by atoms with van der Waals surface area (Å²) in [6.45, 7) is 9.21. The first kappa shape index (κ1) is 21.7. The number of piperidine rings is 1. The molecular formula is C20H32N2O4S. The molecule has 1 aliphatic heterocycles. The van der Waals surface area contributed by atoms with E-state index in [4.69, 9.17) is 4.74 Å². The summed E-state index contributed by atoms with van der Waals surface area (Å²) >= 11 is 0. The molecule has 0 bridgehead atoms. The van der Waals surface area contributed by atoms with E-state index in [1.165, 1.54) is 16.1 Å². The summed E-state index contributed by atoms with van der Waals surface area (Å²) in [6.07, 6.45) is 1.93. The zero-order valence-electron chi connectivity index (χ0n) is 17.2. The highest BCUT2D eigenvalue weighted by molar-refractivity contribution is 7.88. The molecule has 1 aliphatic rings. The zero-order chi connectivity index (χ0) is 20.4. The van der Waals surface area contributed by atoms with Gasteiger partial charge in [-0.05, 0) is 55.9 Å². The number of amides is 1. The summed E-state index contributed by atoms with van der Waals surface area (Å²) < 4.78 is 30.6. The van der Waals surface area contributed by atoms with Crippen LogP contribution < -0.4 is 4.74 Å². The first-order valence-corrected chi connectivity index (χ1v) is 11.3. The standard InChI is InChI=1S/C20H32N2O4S/c1-14(2)19-8-7-18(13-15(19)3)26-16(4)20(23)22-11-9-17(10-12-22)21(5)27(6,24)25/h7-8,13-14,16-17H,9-12H2,1-6H3. The van der Waals surface area contributed by atoms with E-state index in [1.54, 1.807) is 18.9 Å². The molecule has 1 saturated heterocycles. The third kappa shape index (κ3) is 5.45. The van der Waals surface area contributed by atoms with Crippen molar-refractivity contribution in [1.29, 1.82) is 0 Å². The Labute approximate surface area is 163 Å². The van der Waals surface area contributed by atoms with Crippen molar-refractivity contribution in [2.24, 2.45) is 0 Å². The minimum atomic E-state index is -3.21. The molecule has 27 heavy (non-hydrogen) atoms. The van der Waals surface area contributed by atoms with Crippen LogP contribution in [0.1, 0.15) is 50.7 Å². The van der Waals surface area contributed by atoms with E-state index in [0.717, 1.165) is 5.56 Å². The number of benzene rings is 1. The Kier molecular flexibility index (Phi) is 6.92. The van der Waals surface area contributed by atoms with E-state index in [2.05, 4.69) is 26.8 Å². The first-order valence-electron chi connectivity index (χ1n) is 9.49. The highest BCUT2D eigenvalue weighted by Crippen LogP contribution is 2.25. The van der Waals surface area contributed by atoms with Crippen LogP contribution in [0.25, 0.3) is 0 Å². The number of likely N-dealkylation sites (tertiary alicyclic amines) is 1. The summed E-state index contributed by atoms with van der Waals surface area (Å²) in [4.78, 5) is 14.5. The van der Waals surface area contributed by atoms with Crippen molar-refractivity contribution in [1.82, 2.24) is 9.21 Å². The van der Waals surface area contributed by atoms with Crippen LogP contribution in [0.15, 0.2) is 18.2 Å². The lowest BCUT2D eigenvalue weighted by atomic mass is 9.98. The Morgan fingerprint density at radius 1 is 1.22 bits per heavy atom. The van der Waals surface area contributed by atoms with Crippen molar-refractivity contribution in [3.05, 3.63) is 29.3 Å². The maximum atomic E-state index is 12.7. The molecule has 152 valence electrons. The van der Waals surface area contributed by atoms with E-state index in [0.29, 0.717) is 37.6 Å². The second kappa shape index (κ2) is 8.61. The number of aryl methyl sites for hydroxylation is 1. The summed E-state index contributed by atoms with van der Waals surface area (Å²) in [6, 6.07) is 5.90. The van der Waals surface area contributed by atoms with Gasteiger partial charge >= 0.3 is 0 Å². The number of nitrogens with zero attached hydrogens (tertiary/aromatic N) is 2. The van der Waals surface area contributed by atoms with Crippen molar-refractivity contribution in [3.8, 4) is 5.75 Å². The van der Waals surface area contributed by atoms with Crippen molar-refractivity contribution in [2.75, 3.05) is 26.4 Å². The fourth-order valence-electron chi connectivity index (χ4n) is 3.60. The smallest absolute Gasteiger partial charge is 0.263 e. The molecule has 2 rings (SSSR count). The SMILES string of the molecule is Cc1cc(OC(C)C(=O)N2CCC(N(C)S(C)(=O)=O)CC2)ccc1C(C)C. The van der Waals surface area contributed by atoms with Gasteiger partial charge in [0.05, 0.1) is 6.26 Å². The zero-order valence-corrected chi connectivity index (χ0v) is 18.0. The number of sulfonamides is 1. The third-order valence-electron chi connectivity index (χ3n) is 5.34. The van der Waals surface area contributed by atoms with Crippen molar-refractivity contribution in [3.63, 3.8) is 0 Å². The first-order chi connectivity index (χ1) is 12.5. The van der Waals surface area contributed by atoms with Gasteiger partial charge in [-0.15, -0.1) is 0 Å².